The zero-order chi connectivity index (χ0) is 13.8. The Balaban J connectivity index is 2.08. The molecular weight excluding hydrogens is 238 g/mol. The van der Waals surface area contributed by atoms with Crippen molar-refractivity contribution in [3.8, 4) is 5.75 Å². The highest BCUT2D eigenvalue weighted by Gasteiger charge is 2.07. The van der Waals surface area contributed by atoms with Gasteiger partial charge in [-0.2, -0.15) is 0 Å². The Morgan fingerprint density at radius 2 is 1.89 bits per heavy atom. The van der Waals surface area contributed by atoms with E-state index in [1.54, 1.807) is 25.1 Å². The molecule has 98 valence electrons. The van der Waals surface area contributed by atoms with Crippen LogP contribution in [0.3, 0.4) is 0 Å². The molecule has 3 nitrogen and oxygen atoms in total. The Hall–Kier alpha value is -2.29. The third-order valence-electron chi connectivity index (χ3n) is 3.03. The van der Waals surface area contributed by atoms with E-state index in [4.69, 9.17) is 0 Å². The molecule has 0 fully saturated rings. The van der Waals surface area contributed by atoms with Crippen molar-refractivity contribution in [1.82, 2.24) is 0 Å². The van der Waals surface area contributed by atoms with Crippen LogP contribution >= 0.6 is 0 Å². The summed E-state index contributed by atoms with van der Waals surface area (Å²) in [5, 5.41) is 12.4. The first-order valence-electron chi connectivity index (χ1n) is 6.20. The average molecular weight is 255 g/mol. The number of benzene rings is 2. The third-order valence-corrected chi connectivity index (χ3v) is 3.03. The molecule has 0 aliphatic heterocycles. The molecule has 0 aromatic heterocycles. The van der Waals surface area contributed by atoms with Crippen LogP contribution in [0.1, 0.15) is 16.7 Å². The van der Waals surface area contributed by atoms with Crippen LogP contribution in [0.15, 0.2) is 42.5 Å². The smallest absolute Gasteiger partial charge is 0.228 e. The van der Waals surface area contributed by atoms with Crippen molar-refractivity contribution in [3.63, 3.8) is 0 Å². The van der Waals surface area contributed by atoms with Gasteiger partial charge in [-0.15, -0.1) is 0 Å². The van der Waals surface area contributed by atoms with Crippen LogP contribution < -0.4 is 5.32 Å². The van der Waals surface area contributed by atoms with Gasteiger partial charge in [0.25, 0.3) is 0 Å². The monoisotopic (exact) mass is 255 g/mol. The van der Waals surface area contributed by atoms with E-state index in [0.29, 0.717) is 17.7 Å². The van der Waals surface area contributed by atoms with E-state index >= 15 is 0 Å². The Morgan fingerprint density at radius 1 is 1.16 bits per heavy atom. The number of amides is 1. The zero-order valence-corrected chi connectivity index (χ0v) is 11.1. The molecular formula is C16H17NO2. The summed E-state index contributed by atoms with van der Waals surface area (Å²) in [6, 6.07) is 13.0. The van der Waals surface area contributed by atoms with Crippen LogP contribution in [0.2, 0.25) is 0 Å². The number of anilines is 1. The number of nitrogens with one attached hydrogen (secondary N) is 1. The second-order valence-electron chi connectivity index (χ2n) is 4.66. The maximum absolute atomic E-state index is 12.0. The molecule has 3 heteroatoms. The minimum absolute atomic E-state index is 0.0840. The van der Waals surface area contributed by atoms with Gasteiger partial charge in [0, 0.05) is 11.3 Å². The van der Waals surface area contributed by atoms with Crippen molar-refractivity contribution in [1.29, 1.82) is 0 Å². The van der Waals surface area contributed by atoms with Gasteiger partial charge < -0.3 is 10.4 Å². The van der Waals surface area contributed by atoms with Gasteiger partial charge in [0.2, 0.25) is 5.91 Å². The van der Waals surface area contributed by atoms with Gasteiger partial charge in [0.05, 0.1) is 6.42 Å². The summed E-state index contributed by atoms with van der Waals surface area (Å²) in [4.78, 5) is 12.0. The minimum Gasteiger partial charge on any atom is -0.508 e. The number of aromatic hydroxyl groups is 1. The summed E-state index contributed by atoms with van der Waals surface area (Å²) in [6.45, 7) is 3.78. The molecule has 2 rings (SSSR count). The van der Waals surface area contributed by atoms with Gasteiger partial charge in [-0.3, -0.25) is 4.79 Å². The lowest BCUT2D eigenvalue weighted by Gasteiger charge is -2.09. The van der Waals surface area contributed by atoms with Crippen LogP contribution in [0.25, 0.3) is 0 Å². The Kier molecular flexibility index (Phi) is 3.85. The van der Waals surface area contributed by atoms with Gasteiger partial charge in [-0.1, -0.05) is 35.9 Å². The van der Waals surface area contributed by atoms with Gasteiger partial charge in [0.1, 0.15) is 5.75 Å². The summed E-state index contributed by atoms with van der Waals surface area (Å²) in [5.41, 5.74) is 3.45. The van der Waals surface area contributed by atoms with Crippen LogP contribution in [0.4, 0.5) is 5.69 Å². The molecule has 0 saturated heterocycles. The summed E-state index contributed by atoms with van der Waals surface area (Å²) in [5.74, 6) is 0.104. The topological polar surface area (TPSA) is 49.3 Å². The van der Waals surface area contributed by atoms with Crippen molar-refractivity contribution in [2.75, 3.05) is 5.32 Å². The quantitative estimate of drug-likeness (QED) is 0.885. The summed E-state index contributed by atoms with van der Waals surface area (Å²) >= 11 is 0. The van der Waals surface area contributed by atoms with Crippen molar-refractivity contribution in [3.05, 3.63) is 59.2 Å². The standard InChI is InChI=1S/C16H17NO2/c1-11-5-3-6-13(9-11)10-16(19)17-14-7-4-8-15(18)12(14)2/h3-9,18H,10H2,1-2H3,(H,17,19). The number of rotatable bonds is 3. The first-order valence-corrected chi connectivity index (χ1v) is 6.20. The fourth-order valence-electron chi connectivity index (χ4n) is 1.96. The van der Waals surface area contributed by atoms with E-state index < -0.39 is 0 Å². The van der Waals surface area contributed by atoms with E-state index in [1.807, 2.05) is 31.2 Å². The lowest BCUT2D eigenvalue weighted by atomic mass is 10.1. The third kappa shape index (κ3) is 3.35. The molecule has 0 aliphatic carbocycles. The van der Waals surface area contributed by atoms with Crippen LogP contribution in [0.5, 0.6) is 5.75 Å². The van der Waals surface area contributed by atoms with Crippen molar-refractivity contribution >= 4 is 11.6 Å². The molecule has 0 aliphatic rings. The van der Waals surface area contributed by atoms with Crippen LogP contribution in [-0.2, 0) is 11.2 Å². The lowest BCUT2D eigenvalue weighted by molar-refractivity contribution is -0.115. The molecule has 0 radical (unpaired) electrons. The lowest BCUT2D eigenvalue weighted by Crippen LogP contribution is -2.15. The van der Waals surface area contributed by atoms with Crippen molar-refractivity contribution < 1.29 is 9.90 Å². The van der Waals surface area contributed by atoms with E-state index in [2.05, 4.69) is 5.32 Å². The summed E-state index contributed by atoms with van der Waals surface area (Å²) in [6.07, 6.45) is 0.330. The summed E-state index contributed by atoms with van der Waals surface area (Å²) in [7, 11) is 0. The van der Waals surface area contributed by atoms with Gasteiger partial charge >= 0.3 is 0 Å². The highest BCUT2D eigenvalue weighted by molar-refractivity contribution is 5.93. The molecule has 19 heavy (non-hydrogen) atoms. The molecule has 0 atom stereocenters. The molecule has 0 spiro atoms. The zero-order valence-electron chi connectivity index (χ0n) is 11.1. The fourth-order valence-corrected chi connectivity index (χ4v) is 1.96. The largest absolute Gasteiger partial charge is 0.508 e. The molecule has 0 bridgehead atoms. The first-order chi connectivity index (χ1) is 9.06. The van der Waals surface area contributed by atoms with E-state index in [9.17, 15) is 9.90 Å². The van der Waals surface area contributed by atoms with Crippen LogP contribution in [-0.4, -0.2) is 11.0 Å². The normalized spacial score (nSPS) is 10.2. The minimum atomic E-state index is -0.0840. The number of carbonyl (C=O) groups excluding carboxylic acids is 1. The van der Waals surface area contributed by atoms with Crippen LogP contribution in [0, 0.1) is 13.8 Å². The number of phenolic OH excluding ortho intramolecular Hbond substituents is 1. The highest BCUT2D eigenvalue weighted by atomic mass is 16.3. The molecule has 0 unspecified atom stereocenters. The molecule has 1 amide bonds. The molecule has 0 heterocycles. The first kappa shape index (κ1) is 13.1. The highest BCUT2D eigenvalue weighted by Crippen LogP contribution is 2.23. The van der Waals surface area contributed by atoms with Gasteiger partial charge in [-0.05, 0) is 31.5 Å². The molecule has 0 saturated carbocycles. The number of carbonyl (C=O) groups is 1. The second kappa shape index (κ2) is 5.57. The molecule has 2 aromatic carbocycles. The van der Waals surface area contributed by atoms with E-state index in [1.165, 1.54) is 0 Å². The maximum Gasteiger partial charge on any atom is 0.228 e. The Labute approximate surface area is 112 Å². The molecule has 2 N–H and O–H groups in total. The molecule has 2 aromatic rings. The Morgan fingerprint density at radius 3 is 2.63 bits per heavy atom. The van der Waals surface area contributed by atoms with Crippen molar-refractivity contribution in [2.24, 2.45) is 0 Å². The van der Waals surface area contributed by atoms with Gasteiger partial charge in [-0.25, -0.2) is 0 Å². The van der Waals surface area contributed by atoms with Gasteiger partial charge in [0.15, 0.2) is 0 Å². The fraction of sp³-hybridized carbons (Fsp3) is 0.188. The maximum atomic E-state index is 12.0. The number of phenols is 1. The van der Waals surface area contributed by atoms with Crippen molar-refractivity contribution in [2.45, 2.75) is 20.3 Å². The Bertz CT molecular complexity index is 605. The average Bonchev–Trinajstić information content (AvgIpc) is 2.35. The SMILES string of the molecule is Cc1cccc(CC(=O)Nc2cccc(O)c2C)c1. The number of aryl methyl sites for hydroxylation is 1. The predicted molar refractivity (Wildman–Crippen MR) is 76.4 cm³/mol. The van der Waals surface area contributed by atoms with E-state index in [-0.39, 0.29) is 11.7 Å². The van der Waals surface area contributed by atoms with E-state index in [0.717, 1.165) is 11.1 Å². The second-order valence-corrected chi connectivity index (χ2v) is 4.66. The summed E-state index contributed by atoms with van der Waals surface area (Å²) < 4.78 is 0. The number of hydrogen-bond donors (Lipinski definition) is 2. The number of hydrogen-bond acceptors (Lipinski definition) is 2. The predicted octanol–water partition coefficient (Wildman–Crippen LogP) is 3.19.